The van der Waals surface area contributed by atoms with E-state index in [9.17, 15) is 4.79 Å². The average Bonchev–Trinajstić information content (AvgIpc) is 2.97. The minimum atomic E-state index is -0.0341. The van der Waals surface area contributed by atoms with Gasteiger partial charge in [-0.1, -0.05) is 25.1 Å². The molecule has 136 valence electrons. The van der Waals surface area contributed by atoms with Crippen molar-refractivity contribution in [2.45, 2.75) is 20.4 Å². The molecule has 5 heteroatoms. The molecule has 1 fully saturated rings. The van der Waals surface area contributed by atoms with Crippen LogP contribution in [0.15, 0.2) is 30.5 Å². The fraction of sp³-hybridized carbons (Fsp3) is 0.600. The van der Waals surface area contributed by atoms with E-state index in [1.807, 2.05) is 32.1 Å². The number of allylic oxidation sites excluding steroid dienone is 1. The second-order valence-electron chi connectivity index (χ2n) is 7.46. The van der Waals surface area contributed by atoms with Crippen molar-refractivity contribution in [3.63, 3.8) is 0 Å². The van der Waals surface area contributed by atoms with E-state index in [0.29, 0.717) is 18.4 Å². The monoisotopic (exact) mass is 343 g/mol. The molecular weight excluding hydrogens is 314 g/mol. The zero-order chi connectivity index (χ0) is 18.0. The standard InChI is InChI=1S/C20H29N3O2/c1-5-25-20(24)19-14(2)6-8-16-12-23(13-17(16)19)11-15-7-9-18(21-10-15)22(3)4/h6-10,14,16-17,19H,5,11-13H2,1-4H3/t14-,16-,17+,19+/m0/s1. The Balaban J connectivity index is 1.67. The van der Waals surface area contributed by atoms with E-state index in [-0.39, 0.29) is 17.8 Å². The lowest BCUT2D eigenvalue weighted by molar-refractivity contribution is -0.152. The molecule has 25 heavy (non-hydrogen) atoms. The highest BCUT2D eigenvalue weighted by Crippen LogP contribution is 2.40. The molecule has 2 aliphatic rings. The van der Waals surface area contributed by atoms with Gasteiger partial charge in [0.15, 0.2) is 0 Å². The molecule has 0 radical (unpaired) electrons. The van der Waals surface area contributed by atoms with E-state index >= 15 is 0 Å². The van der Waals surface area contributed by atoms with Crippen LogP contribution in [0.4, 0.5) is 5.82 Å². The molecule has 0 amide bonds. The molecule has 1 aromatic rings. The van der Waals surface area contributed by atoms with Gasteiger partial charge in [-0.3, -0.25) is 9.69 Å². The zero-order valence-electron chi connectivity index (χ0n) is 15.7. The molecule has 1 saturated heterocycles. The van der Waals surface area contributed by atoms with Gasteiger partial charge in [-0.2, -0.15) is 0 Å². The molecule has 2 heterocycles. The summed E-state index contributed by atoms with van der Waals surface area (Å²) in [6, 6.07) is 4.20. The van der Waals surface area contributed by atoms with Gasteiger partial charge in [0.1, 0.15) is 5.82 Å². The number of esters is 1. The number of hydrogen-bond donors (Lipinski definition) is 0. The topological polar surface area (TPSA) is 45.7 Å². The lowest BCUT2D eigenvalue weighted by atomic mass is 9.72. The second-order valence-corrected chi connectivity index (χ2v) is 7.46. The summed E-state index contributed by atoms with van der Waals surface area (Å²) in [5, 5.41) is 0. The molecule has 0 spiro atoms. The van der Waals surface area contributed by atoms with Crippen LogP contribution < -0.4 is 4.90 Å². The highest BCUT2D eigenvalue weighted by atomic mass is 16.5. The largest absolute Gasteiger partial charge is 0.466 e. The Bertz CT molecular complexity index is 626. The van der Waals surface area contributed by atoms with Gasteiger partial charge in [-0.25, -0.2) is 4.98 Å². The highest BCUT2D eigenvalue weighted by molar-refractivity contribution is 5.74. The molecule has 0 unspecified atom stereocenters. The van der Waals surface area contributed by atoms with Crippen molar-refractivity contribution >= 4 is 11.8 Å². The van der Waals surface area contributed by atoms with Gasteiger partial charge < -0.3 is 9.64 Å². The van der Waals surface area contributed by atoms with Crippen molar-refractivity contribution in [3.05, 3.63) is 36.0 Å². The molecule has 5 nitrogen and oxygen atoms in total. The minimum Gasteiger partial charge on any atom is -0.466 e. The fourth-order valence-corrected chi connectivity index (χ4v) is 4.14. The van der Waals surface area contributed by atoms with Crippen LogP contribution in [0.5, 0.6) is 0 Å². The lowest BCUT2D eigenvalue weighted by Crippen LogP contribution is -2.37. The Morgan fingerprint density at radius 1 is 1.32 bits per heavy atom. The SMILES string of the molecule is CCOC(=O)[C@H]1[C@@H]2CN(Cc3ccc(N(C)C)nc3)C[C@@H]2C=C[C@@H]1C. The van der Waals surface area contributed by atoms with Crippen LogP contribution in [0, 0.1) is 23.7 Å². The van der Waals surface area contributed by atoms with E-state index in [2.05, 4.69) is 41.1 Å². The summed E-state index contributed by atoms with van der Waals surface area (Å²) in [4.78, 5) is 21.4. The van der Waals surface area contributed by atoms with E-state index in [0.717, 1.165) is 25.5 Å². The number of carbonyl (C=O) groups excluding carboxylic acids is 1. The zero-order valence-corrected chi connectivity index (χ0v) is 15.7. The summed E-state index contributed by atoms with van der Waals surface area (Å²) in [5.41, 5.74) is 1.22. The Morgan fingerprint density at radius 2 is 2.12 bits per heavy atom. The van der Waals surface area contributed by atoms with Crippen LogP contribution in [-0.4, -0.2) is 49.6 Å². The number of carbonyl (C=O) groups is 1. The fourth-order valence-electron chi connectivity index (χ4n) is 4.14. The number of anilines is 1. The van der Waals surface area contributed by atoms with Crippen LogP contribution in [0.25, 0.3) is 0 Å². The summed E-state index contributed by atoms with van der Waals surface area (Å²) in [7, 11) is 3.99. The maximum Gasteiger partial charge on any atom is 0.309 e. The van der Waals surface area contributed by atoms with Crippen LogP contribution >= 0.6 is 0 Å². The van der Waals surface area contributed by atoms with Gasteiger partial charge in [0.25, 0.3) is 0 Å². The number of pyridine rings is 1. The molecule has 0 aromatic carbocycles. The smallest absolute Gasteiger partial charge is 0.309 e. The Morgan fingerprint density at radius 3 is 2.76 bits per heavy atom. The van der Waals surface area contributed by atoms with Gasteiger partial charge >= 0.3 is 5.97 Å². The quantitative estimate of drug-likeness (QED) is 0.607. The van der Waals surface area contributed by atoms with Crippen molar-refractivity contribution < 1.29 is 9.53 Å². The van der Waals surface area contributed by atoms with E-state index in [4.69, 9.17) is 4.74 Å². The van der Waals surface area contributed by atoms with Crippen molar-refractivity contribution in [2.75, 3.05) is 38.7 Å². The Kier molecular flexibility index (Phi) is 5.42. The van der Waals surface area contributed by atoms with E-state index < -0.39 is 0 Å². The third-order valence-corrected chi connectivity index (χ3v) is 5.41. The molecule has 3 rings (SSSR count). The number of ether oxygens (including phenoxy) is 1. The first-order valence-corrected chi connectivity index (χ1v) is 9.19. The molecule has 1 aromatic heterocycles. The number of nitrogens with zero attached hydrogens (tertiary/aromatic N) is 3. The molecule has 0 N–H and O–H groups in total. The maximum atomic E-state index is 12.4. The Labute approximate surface area is 150 Å². The summed E-state index contributed by atoms with van der Waals surface area (Å²) in [6.07, 6.45) is 6.46. The van der Waals surface area contributed by atoms with Gasteiger partial charge in [-0.15, -0.1) is 0 Å². The summed E-state index contributed by atoms with van der Waals surface area (Å²) in [5.74, 6) is 1.97. The molecule has 0 saturated carbocycles. The lowest BCUT2D eigenvalue weighted by Gasteiger charge is -2.32. The number of rotatable bonds is 5. The molecule has 1 aliphatic heterocycles. The van der Waals surface area contributed by atoms with Crippen molar-refractivity contribution in [2.24, 2.45) is 23.7 Å². The summed E-state index contributed by atoms with van der Waals surface area (Å²) >= 11 is 0. The van der Waals surface area contributed by atoms with Gasteiger partial charge in [-0.05, 0) is 36.3 Å². The van der Waals surface area contributed by atoms with Crippen molar-refractivity contribution in [1.29, 1.82) is 0 Å². The minimum absolute atomic E-state index is 0.0193. The van der Waals surface area contributed by atoms with Crippen molar-refractivity contribution in [1.82, 2.24) is 9.88 Å². The number of fused-ring (bicyclic) bond motifs is 1. The van der Waals surface area contributed by atoms with Gasteiger partial charge in [0, 0.05) is 39.9 Å². The first kappa shape index (κ1) is 17.9. The third kappa shape index (κ3) is 3.87. The third-order valence-electron chi connectivity index (χ3n) is 5.41. The predicted octanol–water partition coefficient (Wildman–Crippen LogP) is 2.58. The molecule has 0 bridgehead atoms. The maximum absolute atomic E-state index is 12.4. The number of hydrogen-bond acceptors (Lipinski definition) is 5. The van der Waals surface area contributed by atoms with Gasteiger partial charge in [0.05, 0.1) is 12.5 Å². The molecular formula is C20H29N3O2. The van der Waals surface area contributed by atoms with Crippen molar-refractivity contribution in [3.8, 4) is 0 Å². The summed E-state index contributed by atoms with van der Waals surface area (Å²) < 4.78 is 5.34. The van der Waals surface area contributed by atoms with Crippen LogP contribution in [0.1, 0.15) is 19.4 Å². The van der Waals surface area contributed by atoms with Crippen LogP contribution in [-0.2, 0) is 16.1 Å². The van der Waals surface area contributed by atoms with Crippen LogP contribution in [0.2, 0.25) is 0 Å². The van der Waals surface area contributed by atoms with E-state index in [1.54, 1.807) is 0 Å². The predicted molar refractivity (Wildman–Crippen MR) is 99.2 cm³/mol. The Hall–Kier alpha value is -1.88. The summed E-state index contributed by atoms with van der Waals surface area (Å²) in [6.45, 7) is 7.28. The molecule has 4 atom stereocenters. The highest BCUT2D eigenvalue weighted by Gasteiger charge is 2.44. The van der Waals surface area contributed by atoms with Gasteiger partial charge in [0.2, 0.25) is 0 Å². The van der Waals surface area contributed by atoms with Crippen LogP contribution in [0.3, 0.4) is 0 Å². The normalized spacial score (nSPS) is 28.6. The average molecular weight is 343 g/mol. The second kappa shape index (κ2) is 7.56. The first-order valence-electron chi connectivity index (χ1n) is 9.19. The number of likely N-dealkylation sites (tertiary alicyclic amines) is 1. The first-order chi connectivity index (χ1) is 12.0. The number of aromatic nitrogens is 1. The van der Waals surface area contributed by atoms with E-state index in [1.165, 1.54) is 5.56 Å². The molecule has 1 aliphatic carbocycles.